The van der Waals surface area contributed by atoms with E-state index in [1.54, 1.807) is 12.1 Å². The first-order valence-corrected chi connectivity index (χ1v) is 5.30. The SMILES string of the molecule is CC(SCC(N)=O)c1ccc(F)cc1. The Morgan fingerprint density at radius 1 is 1.50 bits per heavy atom. The molecule has 0 fully saturated rings. The maximum Gasteiger partial charge on any atom is 0.227 e. The second-order valence-corrected chi connectivity index (χ2v) is 4.30. The third kappa shape index (κ3) is 3.38. The van der Waals surface area contributed by atoms with Gasteiger partial charge in [0.15, 0.2) is 0 Å². The molecule has 1 unspecified atom stereocenters. The van der Waals surface area contributed by atoms with Gasteiger partial charge in [-0.2, -0.15) is 0 Å². The van der Waals surface area contributed by atoms with Crippen LogP contribution in [0, 0.1) is 5.82 Å². The molecule has 0 aliphatic carbocycles. The number of amides is 1. The fourth-order valence-corrected chi connectivity index (χ4v) is 1.80. The van der Waals surface area contributed by atoms with Crippen molar-refractivity contribution < 1.29 is 9.18 Å². The van der Waals surface area contributed by atoms with E-state index in [-0.39, 0.29) is 17.0 Å². The van der Waals surface area contributed by atoms with E-state index in [0.29, 0.717) is 5.75 Å². The molecule has 0 saturated carbocycles. The van der Waals surface area contributed by atoms with Gasteiger partial charge >= 0.3 is 0 Å². The number of thioether (sulfide) groups is 1. The first kappa shape index (κ1) is 11.0. The normalized spacial score (nSPS) is 12.4. The van der Waals surface area contributed by atoms with E-state index in [2.05, 4.69) is 0 Å². The number of benzene rings is 1. The Labute approximate surface area is 86.7 Å². The van der Waals surface area contributed by atoms with E-state index in [0.717, 1.165) is 5.56 Å². The van der Waals surface area contributed by atoms with Crippen molar-refractivity contribution in [3.05, 3.63) is 35.6 Å². The second-order valence-electron chi connectivity index (χ2n) is 2.97. The van der Waals surface area contributed by atoms with Crippen molar-refractivity contribution in [1.82, 2.24) is 0 Å². The van der Waals surface area contributed by atoms with E-state index < -0.39 is 0 Å². The van der Waals surface area contributed by atoms with Crippen molar-refractivity contribution in [3.63, 3.8) is 0 Å². The minimum atomic E-state index is -0.330. The predicted octanol–water partition coefficient (Wildman–Crippen LogP) is 2.11. The highest BCUT2D eigenvalue weighted by molar-refractivity contribution is 8.00. The average Bonchev–Trinajstić information content (AvgIpc) is 2.15. The molecule has 14 heavy (non-hydrogen) atoms. The molecule has 2 N–H and O–H groups in total. The van der Waals surface area contributed by atoms with Gasteiger partial charge < -0.3 is 5.73 Å². The molecule has 0 radical (unpaired) electrons. The third-order valence-electron chi connectivity index (χ3n) is 1.82. The summed E-state index contributed by atoms with van der Waals surface area (Å²) in [5, 5.41) is 0.156. The smallest absolute Gasteiger partial charge is 0.227 e. The molecule has 1 aromatic carbocycles. The van der Waals surface area contributed by atoms with Crippen LogP contribution in [0.4, 0.5) is 4.39 Å². The van der Waals surface area contributed by atoms with Crippen molar-refractivity contribution in [2.45, 2.75) is 12.2 Å². The zero-order valence-corrected chi connectivity index (χ0v) is 8.68. The zero-order valence-electron chi connectivity index (χ0n) is 7.87. The first-order chi connectivity index (χ1) is 6.59. The number of hydrogen-bond donors (Lipinski definition) is 1. The van der Waals surface area contributed by atoms with E-state index in [1.807, 2.05) is 6.92 Å². The van der Waals surface area contributed by atoms with Gasteiger partial charge in [-0.1, -0.05) is 12.1 Å². The summed E-state index contributed by atoms with van der Waals surface area (Å²) < 4.78 is 12.6. The van der Waals surface area contributed by atoms with Crippen LogP contribution in [0.1, 0.15) is 17.7 Å². The molecule has 0 spiro atoms. The molecule has 1 atom stereocenters. The summed E-state index contributed by atoms with van der Waals surface area (Å²) in [6.07, 6.45) is 0. The van der Waals surface area contributed by atoms with Gasteiger partial charge in [-0.25, -0.2) is 4.39 Å². The molecule has 76 valence electrons. The monoisotopic (exact) mass is 213 g/mol. The van der Waals surface area contributed by atoms with Gasteiger partial charge in [-0.15, -0.1) is 11.8 Å². The lowest BCUT2D eigenvalue weighted by Crippen LogP contribution is -2.13. The summed E-state index contributed by atoms with van der Waals surface area (Å²) in [4.78, 5) is 10.5. The van der Waals surface area contributed by atoms with E-state index in [9.17, 15) is 9.18 Å². The molecule has 2 nitrogen and oxygen atoms in total. The minimum absolute atomic E-state index is 0.156. The third-order valence-corrected chi connectivity index (χ3v) is 3.04. The molecule has 0 aromatic heterocycles. The summed E-state index contributed by atoms with van der Waals surface area (Å²) in [7, 11) is 0. The molecule has 1 amide bonds. The number of halogens is 1. The number of primary amides is 1. The molecule has 4 heteroatoms. The highest BCUT2D eigenvalue weighted by atomic mass is 32.2. The molecule has 0 aliphatic heterocycles. The van der Waals surface area contributed by atoms with Crippen LogP contribution in [0.25, 0.3) is 0 Å². The van der Waals surface area contributed by atoms with Crippen LogP contribution in [-0.2, 0) is 4.79 Å². The van der Waals surface area contributed by atoms with E-state index in [4.69, 9.17) is 5.73 Å². The lowest BCUT2D eigenvalue weighted by molar-refractivity contribution is -0.115. The van der Waals surface area contributed by atoms with Crippen molar-refractivity contribution in [2.75, 3.05) is 5.75 Å². The molecular formula is C10H12FNOS. The van der Waals surface area contributed by atoms with Crippen LogP contribution >= 0.6 is 11.8 Å². The van der Waals surface area contributed by atoms with Gasteiger partial charge in [-0.05, 0) is 24.6 Å². The zero-order chi connectivity index (χ0) is 10.6. The summed E-state index contributed by atoms with van der Waals surface area (Å²) in [5.74, 6) is -0.289. The predicted molar refractivity (Wildman–Crippen MR) is 56.5 cm³/mol. The Kier molecular flexibility index (Phi) is 3.95. The largest absolute Gasteiger partial charge is 0.369 e. The molecule has 1 aromatic rings. The van der Waals surface area contributed by atoms with Gasteiger partial charge in [0.1, 0.15) is 5.82 Å². The highest BCUT2D eigenvalue weighted by Crippen LogP contribution is 2.27. The van der Waals surface area contributed by atoms with E-state index in [1.165, 1.54) is 23.9 Å². The van der Waals surface area contributed by atoms with Gasteiger partial charge in [-0.3, -0.25) is 4.79 Å². The molecule has 0 aliphatic rings. The van der Waals surface area contributed by atoms with Crippen molar-refractivity contribution >= 4 is 17.7 Å². The van der Waals surface area contributed by atoms with Crippen LogP contribution in [0.5, 0.6) is 0 Å². The topological polar surface area (TPSA) is 43.1 Å². The van der Waals surface area contributed by atoms with Crippen molar-refractivity contribution in [2.24, 2.45) is 5.73 Å². The summed E-state index contributed by atoms with van der Waals surface area (Å²) in [6, 6.07) is 6.26. The number of rotatable bonds is 4. The number of carbonyl (C=O) groups excluding carboxylic acids is 1. The lowest BCUT2D eigenvalue weighted by Gasteiger charge is -2.09. The molecule has 1 rings (SSSR count). The van der Waals surface area contributed by atoms with Gasteiger partial charge in [0.05, 0.1) is 5.75 Å². The van der Waals surface area contributed by atoms with E-state index >= 15 is 0 Å². The van der Waals surface area contributed by atoms with Crippen LogP contribution in [0.3, 0.4) is 0 Å². The Balaban J connectivity index is 2.56. The lowest BCUT2D eigenvalue weighted by atomic mass is 10.2. The summed E-state index contributed by atoms with van der Waals surface area (Å²) in [5.41, 5.74) is 6.02. The van der Waals surface area contributed by atoms with Crippen LogP contribution in [-0.4, -0.2) is 11.7 Å². The number of carbonyl (C=O) groups is 1. The Morgan fingerprint density at radius 3 is 2.57 bits per heavy atom. The van der Waals surface area contributed by atoms with Gasteiger partial charge in [0, 0.05) is 5.25 Å². The second kappa shape index (κ2) is 5.00. The highest BCUT2D eigenvalue weighted by Gasteiger charge is 2.07. The molecule has 0 heterocycles. The minimum Gasteiger partial charge on any atom is -0.369 e. The maximum absolute atomic E-state index is 12.6. The summed E-state index contributed by atoms with van der Waals surface area (Å²) in [6.45, 7) is 1.96. The number of hydrogen-bond acceptors (Lipinski definition) is 2. The van der Waals surface area contributed by atoms with Gasteiger partial charge in [0.25, 0.3) is 0 Å². The van der Waals surface area contributed by atoms with Crippen LogP contribution in [0.15, 0.2) is 24.3 Å². The summed E-state index contributed by atoms with van der Waals surface area (Å²) >= 11 is 1.45. The average molecular weight is 213 g/mol. The molecule has 0 saturated heterocycles. The molecule has 0 bridgehead atoms. The Bertz CT molecular complexity index is 312. The number of nitrogens with two attached hydrogens (primary N) is 1. The van der Waals surface area contributed by atoms with Crippen LogP contribution < -0.4 is 5.73 Å². The van der Waals surface area contributed by atoms with Crippen molar-refractivity contribution in [1.29, 1.82) is 0 Å². The Morgan fingerprint density at radius 2 is 2.07 bits per heavy atom. The fourth-order valence-electron chi connectivity index (χ4n) is 1.04. The van der Waals surface area contributed by atoms with Gasteiger partial charge in [0.2, 0.25) is 5.91 Å². The van der Waals surface area contributed by atoms with Crippen LogP contribution in [0.2, 0.25) is 0 Å². The Hall–Kier alpha value is -1.03. The first-order valence-electron chi connectivity index (χ1n) is 4.25. The van der Waals surface area contributed by atoms with Crippen molar-refractivity contribution in [3.8, 4) is 0 Å². The molecular weight excluding hydrogens is 201 g/mol. The quantitative estimate of drug-likeness (QED) is 0.832. The fraction of sp³-hybridized carbons (Fsp3) is 0.300. The standard InChI is InChI=1S/C10H12FNOS/c1-7(14-6-10(12)13)8-2-4-9(11)5-3-8/h2-5,7H,6H2,1H3,(H2,12,13). The maximum atomic E-state index is 12.6.